The van der Waals surface area contributed by atoms with E-state index >= 15 is 0 Å². The van der Waals surface area contributed by atoms with Crippen molar-refractivity contribution < 1.29 is 23.2 Å². The number of nitrogens with one attached hydrogen (secondary N) is 2. The summed E-state index contributed by atoms with van der Waals surface area (Å²) in [7, 11) is 0. The molecule has 2 N–H and O–H groups in total. The Bertz CT molecular complexity index is 1100. The zero-order chi connectivity index (χ0) is 24.4. The van der Waals surface area contributed by atoms with E-state index in [0.717, 1.165) is 6.42 Å². The van der Waals surface area contributed by atoms with Gasteiger partial charge in [0.1, 0.15) is 17.7 Å². The first-order valence-corrected chi connectivity index (χ1v) is 11.7. The van der Waals surface area contributed by atoms with E-state index in [9.17, 15) is 23.2 Å². The summed E-state index contributed by atoms with van der Waals surface area (Å²) in [6.07, 6.45) is 2.83. The number of rotatable bonds is 4. The van der Waals surface area contributed by atoms with Crippen LogP contribution in [0.2, 0.25) is 5.02 Å². The lowest BCUT2D eigenvalue weighted by molar-refractivity contribution is -0.118. The van der Waals surface area contributed by atoms with Crippen LogP contribution in [0.5, 0.6) is 0 Å². The van der Waals surface area contributed by atoms with Gasteiger partial charge in [0.25, 0.3) is 11.8 Å². The van der Waals surface area contributed by atoms with E-state index in [2.05, 4.69) is 15.3 Å². The van der Waals surface area contributed by atoms with Crippen molar-refractivity contribution in [2.75, 3.05) is 24.5 Å². The number of carbonyl (C=O) groups excluding carboxylic acids is 3. The molecule has 0 aliphatic carbocycles. The summed E-state index contributed by atoms with van der Waals surface area (Å²) in [5, 5.41) is 3.06. The van der Waals surface area contributed by atoms with Crippen molar-refractivity contribution in [1.29, 1.82) is 0 Å². The molecule has 8 nitrogen and oxygen atoms in total. The summed E-state index contributed by atoms with van der Waals surface area (Å²) < 4.78 is 26.9. The molecule has 0 unspecified atom stereocenters. The van der Waals surface area contributed by atoms with Crippen molar-refractivity contribution in [3.63, 3.8) is 0 Å². The molecule has 2 aliphatic heterocycles. The minimum absolute atomic E-state index is 0.00224. The Labute approximate surface area is 200 Å². The van der Waals surface area contributed by atoms with E-state index in [1.165, 1.54) is 17.3 Å². The largest absolute Gasteiger partial charge is 0.348 e. The smallest absolute Gasteiger partial charge is 0.272 e. The lowest BCUT2D eigenvalue weighted by Gasteiger charge is -2.34. The average molecular weight is 494 g/mol. The Morgan fingerprint density at radius 2 is 2.00 bits per heavy atom. The number of aromatic nitrogens is 2. The molecular formula is C23H26ClF2N5O3. The number of anilines is 1. The number of amides is 3. The normalized spacial score (nSPS) is 19.8. The summed E-state index contributed by atoms with van der Waals surface area (Å²) in [6, 6.07) is 2.50. The number of halogens is 3. The third-order valence-electron chi connectivity index (χ3n) is 6.24. The van der Waals surface area contributed by atoms with Crippen molar-refractivity contribution in [2.45, 2.75) is 51.2 Å². The van der Waals surface area contributed by atoms with Crippen molar-refractivity contribution in [3.05, 3.63) is 46.3 Å². The van der Waals surface area contributed by atoms with Gasteiger partial charge in [-0.2, -0.15) is 0 Å². The van der Waals surface area contributed by atoms with E-state index in [1.54, 1.807) is 17.9 Å². The fourth-order valence-corrected chi connectivity index (χ4v) is 4.49. The Morgan fingerprint density at radius 3 is 2.74 bits per heavy atom. The molecule has 2 aromatic rings. The van der Waals surface area contributed by atoms with Gasteiger partial charge in [0, 0.05) is 19.0 Å². The number of aryl methyl sites for hydroxylation is 1. The molecule has 0 spiro atoms. The lowest BCUT2D eigenvalue weighted by atomic mass is 10.0. The van der Waals surface area contributed by atoms with Crippen molar-refractivity contribution in [3.8, 4) is 0 Å². The number of aromatic amines is 1. The van der Waals surface area contributed by atoms with Crippen molar-refractivity contribution in [1.82, 2.24) is 20.2 Å². The molecule has 2 aliphatic rings. The highest BCUT2D eigenvalue weighted by Gasteiger charge is 2.34. The molecule has 0 bridgehead atoms. The van der Waals surface area contributed by atoms with Crippen LogP contribution in [0.4, 0.5) is 14.5 Å². The van der Waals surface area contributed by atoms with E-state index < -0.39 is 23.8 Å². The maximum absolute atomic E-state index is 13.8. The molecule has 2 fully saturated rings. The van der Waals surface area contributed by atoms with Crippen LogP contribution in [0.3, 0.4) is 0 Å². The minimum Gasteiger partial charge on any atom is -0.348 e. The van der Waals surface area contributed by atoms with Crippen LogP contribution in [0.25, 0.3) is 0 Å². The molecule has 4 rings (SSSR count). The van der Waals surface area contributed by atoms with Crippen molar-refractivity contribution in [2.24, 2.45) is 0 Å². The van der Waals surface area contributed by atoms with Gasteiger partial charge in [-0.05, 0) is 50.3 Å². The van der Waals surface area contributed by atoms with Crippen LogP contribution in [0.1, 0.15) is 58.6 Å². The average Bonchev–Trinajstić information content (AvgIpc) is 3.29. The quantitative estimate of drug-likeness (QED) is 0.682. The molecule has 1 aromatic carbocycles. The first-order chi connectivity index (χ1) is 16.2. The van der Waals surface area contributed by atoms with Gasteiger partial charge in [-0.3, -0.25) is 14.4 Å². The highest BCUT2D eigenvalue weighted by Crippen LogP contribution is 2.30. The second kappa shape index (κ2) is 10.1. The molecule has 182 valence electrons. The molecule has 0 radical (unpaired) electrons. The fourth-order valence-electron chi connectivity index (χ4n) is 4.24. The van der Waals surface area contributed by atoms with E-state index in [-0.39, 0.29) is 47.9 Å². The predicted molar refractivity (Wildman–Crippen MR) is 122 cm³/mol. The molecule has 1 aromatic heterocycles. The lowest BCUT2D eigenvalue weighted by Crippen LogP contribution is -2.52. The van der Waals surface area contributed by atoms with Gasteiger partial charge in [-0.15, -0.1) is 0 Å². The molecule has 34 heavy (non-hydrogen) atoms. The molecule has 2 saturated heterocycles. The number of alkyl halides is 1. The molecule has 3 heterocycles. The van der Waals surface area contributed by atoms with E-state index in [0.29, 0.717) is 37.1 Å². The van der Waals surface area contributed by atoms with Gasteiger partial charge < -0.3 is 20.1 Å². The zero-order valence-electron chi connectivity index (χ0n) is 18.7. The number of likely N-dealkylation sites (tertiary alicyclic amines) is 1. The third kappa shape index (κ3) is 5.06. The van der Waals surface area contributed by atoms with Gasteiger partial charge in [0.15, 0.2) is 5.69 Å². The van der Waals surface area contributed by atoms with Crippen molar-refractivity contribution >= 4 is 35.0 Å². The number of hydrogen-bond donors (Lipinski definition) is 2. The summed E-state index contributed by atoms with van der Waals surface area (Å²) in [5.41, 5.74) is 0.862. The Kier molecular flexibility index (Phi) is 7.16. The fraction of sp³-hybridized carbons (Fsp3) is 0.478. The predicted octanol–water partition coefficient (Wildman–Crippen LogP) is 3.40. The van der Waals surface area contributed by atoms with E-state index in [1.807, 2.05) is 0 Å². The van der Waals surface area contributed by atoms with Gasteiger partial charge in [-0.1, -0.05) is 11.6 Å². The standard InChI is InChI=1S/C23H26ClF2N5O3/c1-13-8-18(16(24)9-17(13)26)31-7-3-2-4-15(5-6-19(31)32)29-22(33)20-21(28-12-27-20)23(34)30-10-14(25)11-30/h8-9,12,14-15H,2-7,10-11H2,1H3,(H,27,28)(H,29,33)/t15-/m1/s1. The van der Waals surface area contributed by atoms with Crippen LogP contribution in [0.15, 0.2) is 18.5 Å². The maximum atomic E-state index is 13.8. The number of hydrogen-bond acceptors (Lipinski definition) is 4. The van der Waals surface area contributed by atoms with Crippen LogP contribution in [0, 0.1) is 12.7 Å². The Hall–Kier alpha value is -3.01. The second-order valence-corrected chi connectivity index (χ2v) is 9.14. The first kappa shape index (κ1) is 24.1. The highest BCUT2D eigenvalue weighted by atomic mass is 35.5. The Balaban J connectivity index is 1.42. The highest BCUT2D eigenvalue weighted by molar-refractivity contribution is 6.33. The van der Waals surface area contributed by atoms with E-state index in [4.69, 9.17) is 11.6 Å². The van der Waals surface area contributed by atoms with Gasteiger partial charge in [-0.25, -0.2) is 13.8 Å². The van der Waals surface area contributed by atoms with Gasteiger partial charge in [0.2, 0.25) is 5.91 Å². The van der Waals surface area contributed by atoms with Crippen LogP contribution in [-0.4, -0.2) is 64.4 Å². The molecule has 3 amide bonds. The number of imidazole rings is 1. The zero-order valence-corrected chi connectivity index (χ0v) is 19.5. The summed E-state index contributed by atoms with van der Waals surface area (Å²) in [5.74, 6) is -1.58. The molecule has 11 heteroatoms. The molecule has 0 saturated carbocycles. The number of H-pyrrole nitrogens is 1. The van der Waals surface area contributed by atoms with Crippen LogP contribution in [-0.2, 0) is 4.79 Å². The maximum Gasteiger partial charge on any atom is 0.272 e. The van der Waals surface area contributed by atoms with Gasteiger partial charge in [0.05, 0.1) is 30.1 Å². The number of nitrogens with zero attached hydrogens (tertiary/aromatic N) is 3. The molecule has 1 atom stereocenters. The summed E-state index contributed by atoms with van der Waals surface area (Å²) >= 11 is 6.22. The van der Waals surface area contributed by atoms with Gasteiger partial charge >= 0.3 is 0 Å². The number of carbonyl (C=O) groups is 3. The minimum atomic E-state index is -1.05. The van der Waals surface area contributed by atoms with Crippen LogP contribution < -0.4 is 10.2 Å². The summed E-state index contributed by atoms with van der Waals surface area (Å²) in [6.45, 7) is 2.05. The second-order valence-electron chi connectivity index (χ2n) is 8.74. The third-order valence-corrected chi connectivity index (χ3v) is 6.54. The monoisotopic (exact) mass is 493 g/mol. The number of benzene rings is 1. The first-order valence-electron chi connectivity index (χ1n) is 11.3. The molecular weight excluding hydrogens is 468 g/mol. The SMILES string of the molecule is Cc1cc(N2CCCC[C@@H](NC(=O)c3nc[nH]c3C(=O)N3CC(F)C3)CCC2=O)c(Cl)cc1F. The topological polar surface area (TPSA) is 98.4 Å². The summed E-state index contributed by atoms with van der Waals surface area (Å²) in [4.78, 5) is 47.9. The van der Waals surface area contributed by atoms with Crippen LogP contribution >= 0.6 is 11.6 Å². The Morgan fingerprint density at radius 1 is 1.24 bits per heavy atom.